The molecule has 0 heterocycles. The molecule has 0 radical (unpaired) electrons. The van der Waals surface area contributed by atoms with Crippen LogP contribution in [-0.2, 0) is 16.0 Å². The van der Waals surface area contributed by atoms with Gasteiger partial charge in [0.25, 0.3) is 0 Å². The fourth-order valence-electron chi connectivity index (χ4n) is 1.05. The number of carbonyl (C=O) groups excluding carboxylic acids is 1. The summed E-state index contributed by atoms with van der Waals surface area (Å²) in [5.41, 5.74) is 0.692. The summed E-state index contributed by atoms with van der Waals surface area (Å²) in [5, 5.41) is 0.871. The third-order valence-electron chi connectivity index (χ3n) is 1.67. The Morgan fingerprint density at radius 3 is 2.79 bits per heavy atom. The SMILES string of the molecule is CCOC(=O)Cc1cccc(Cl)c1Cl. The number of hydrogen-bond acceptors (Lipinski definition) is 2. The van der Waals surface area contributed by atoms with Crippen LogP contribution >= 0.6 is 23.2 Å². The fraction of sp³-hybridized carbons (Fsp3) is 0.300. The molecule has 0 fully saturated rings. The van der Waals surface area contributed by atoms with Crippen LogP contribution in [0, 0.1) is 0 Å². The summed E-state index contributed by atoms with van der Waals surface area (Å²) in [6.45, 7) is 2.13. The lowest BCUT2D eigenvalue weighted by Gasteiger charge is -2.04. The highest BCUT2D eigenvalue weighted by Crippen LogP contribution is 2.25. The number of halogens is 2. The molecule has 0 aliphatic heterocycles. The van der Waals surface area contributed by atoms with E-state index < -0.39 is 0 Å². The Hall–Kier alpha value is -0.730. The summed E-state index contributed by atoms with van der Waals surface area (Å²) in [5.74, 6) is -0.295. The molecule has 1 aromatic carbocycles. The molecule has 0 N–H and O–H groups in total. The first-order chi connectivity index (χ1) is 6.65. The Labute approximate surface area is 92.8 Å². The van der Waals surface area contributed by atoms with Crippen molar-refractivity contribution in [1.29, 1.82) is 0 Å². The summed E-state index contributed by atoms with van der Waals surface area (Å²) in [6.07, 6.45) is 0.160. The maximum absolute atomic E-state index is 11.2. The van der Waals surface area contributed by atoms with Gasteiger partial charge in [-0.1, -0.05) is 35.3 Å². The Bertz CT molecular complexity index is 337. The van der Waals surface area contributed by atoms with Gasteiger partial charge in [0, 0.05) is 0 Å². The first-order valence-electron chi connectivity index (χ1n) is 4.23. The Morgan fingerprint density at radius 1 is 1.43 bits per heavy atom. The van der Waals surface area contributed by atoms with Gasteiger partial charge in [0.1, 0.15) is 0 Å². The van der Waals surface area contributed by atoms with Crippen LogP contribution in [0.3, 0.4) is 0 Å². The van der Waals surface area contributed by atoms with E-state index in [4.69, 9.17) is 27.9 Å². The van der Waals surface area contributed by atoms with Crippen molar-refractivity contribution in [2.45, 2.75) is 13.3 Å². The van der Waals surface area contributed by atoms with Crippen LogP contribution in [0.4, 0.5) is 0 Å². The molecule has 1 rings (SSSR count). The Balaban J connectivity index is 2.76. The standard InChI is InChI=1S/C10H10Cl2O2/c1-2-14-9(13)6-7-4-3-5-8(11)10(7)12/h3-5H,2,6H2,1H3. The van der Waals surface area contributed by atoms with Crippen LogP contribution in [-0.4, -0.2) is 12.6 Å². The summed E-state index contributed by atoms with van der Waals surface area (Å²) in [7, 11) is 0. The number of hydrogen-bond donors (Lipinski definition) is 0. The predicted molar refractivity (Wildman–Crippen MR) is 56.8 cm³/mol. The second kappa shape index (κ2) is 5.23. The first-order valence-corrected chi connectivity index (χ1v) is 4.99. The number of ether oxygens (including phenoxy) is 1. The third kappa shape index (κ3) is 2.89. The molecule has 4 heteroatoms. The number of benzene rings is 1. The average molecular weight is 233 g/mol. The molecule has 0 aliphatic rings. The lowest BCUT2D eigenvalue weighted by atomic mass is 10.1. The molecule has 0 amide bonds. The lowest BCUT2D eigenvalue weighted by Crippen LogP contribution is -2.07. The molecule has 0 bridgehead atoms. The van der Waals surface area contributed by atoms with Gasteiger partial charge in [0.15, 0.2) is 0 Å². The normalized spacial score (nSPS) is 9.93. The summed E-state index contributed by atoms with van der Waals surface area (Å²) < 4.78 is 4.80. The zero-order valence-corrected chi connectivity index (χ0v) is 9.23. The highest BCUT2D eigenvalue weighted by Gasteiger charge is 2.09. The van der Waals surface area contributed by atoms with Gasteiger partial charge < -0.3 is 4.74 Å². The monoisotopic (exact) mass is 232 g/mol. The topological polar surface area (TPSA) is 26.3 Å². The van der Waals surface area contributed by atoms with Gasteiger partial charge in [-0.3, -0.25) is 4.79 Å². The van der Waals surface area contributed by atoms with Crippen molar-refractivity contribution >= 4 is 29.2 Å². The molecule has 0 aliphatic carbocycles. The molecular weight excluding hydrogens is 223 g/mol. The Morgan fingerprint density at radius 2 is 2.14 bits per heavy atom. The molecule has 76 valence electrons. The van der Waals surface area contributed by atoms with Gasteiger partial charge in [-0.15, -0.1) is 0 Å². The van der Waals surface area contributed by atoms with Crippen LogP contribution in [0.2, 0.25) is 10.0 Å². The van der Waals surface area contributed by atoms with E-state index in [2.05, 4.69) is 0 Å². The summed E-state index contributed by atoms with van der Waals surface area (Å²) in [6, 6.07) is 5.19. The van der Waals surface area contributed by atoms with Crippen molar-refractivity contribution in [3.8, 4) is 0 Å². The van der Waals surface area contributed by atoms with Gasteiger partial charge in [-0.05, 0) is 18.6 Å². The molecule has 0 saturated heterocycles. The molecule has 2 nitrogen and oxygen atoms in total. The minimum absolute atomic E-state index is 0.160. The molecule has 0 aromatic heterocycles. The summed E-state index contributed by atoms with van der Waals surface area (Å²) >= 11 is 11.7. The zero-order valence-electron chi connectivity index (χ0n) is 7.72. The molecule has 0 atom stereocenters. The number of rotatable bonds is 3. The van der Waals surface area contributed by atoms with E-state index in [0.717, 1.165) is 0 Å². The van der Waals surface area contributed by atoms with Gasteiger partial charge >= 0.3 is 5.97 Å². The van der Waals surface area contributed by atoms with E-state index in [1.807, 2.05) is 0 Å². The van der Waals surface area contributed by atoms with Crippen LogP contribution in [0.5, 0.6) is 0 Å². The minimum atomic E-state index is -0.295. The molecule has 0 unspecified atom stereocenters. The number of carbonyl (C=O) groups is 1. The van der Waals surface area contributed by atoms with Crippen molar-refractivity contribution < 1.29 is 9.53 Å². The first kappa shape index (κ1) is 11.3. The Kier molecular flexibility index (Phi) is 4.23. The molecule has 0 saturated carbocycles. The highest BCUT2D eigenvalue weighted by atomic mass is 35.5. The van der Waals surface area contributed by atoms with Gasteiger partial charge in [0.2, 0.25) is 0 Å². The number of esters is 1. The largest absolute Gasteiger partial charge is 0.466 e. The average Bonchev–Trinajstić information content (AvgIpc) is 2.13. The minimum Gasteiger partial charge on any atom is -0.466 e. The molecule has 0 spiro atoms. The van der Waals surface area contributed by atoms with Crippen molar-refractivity contribution in [2.75, 3.05) is 6.61 Å². The lowest BCUT2D eigenvalue weighted by molar-refractivity contribution is -0.142. The van der Waals surface area contributed by atoms with Gasteiger partial charge in [-0.2, -0.15) is 0 Å². The van der Waals surface area contributed by atoms with E-state index in [1.165, 1.54) is 0 Å². The molecule has 1 aromatic rings. The van der Waals surface area contributed by atoms with Crippen LogP contribution in [0.25, 0.3) is 0 Å². The van der Waals surface area contributed by atoms with E-state index in [1.54, 1.807) is 25.1 Å². The van der Waals surface area contributed by atoms with Crippen LogP contribution in [0.15, 0.2) is 18.2 Å². The molecular formula is C10H10Cl2O2. The summed E-state index contributed by atoms with van der Waals surface area (Å²) in [4.78, 5) is 11.2. The quantitative estimate of drug-likeness (QED) is 0.750. The highest BCUT2D eigenvalue weighted by molar-refractivity contribution is 6.42. The maximum atomic E-state index is 11.2. The van der Waals surface area contributed by atoms with E-state index in [0.29, 0.717) is 22.2 Å². The van der Waals surface area contributed by atoms with Crippen molar-refractivity contribution in [2.24, 2.45) is 0 Å². The second-order valence-corrected chi connectivity index (χ2v) is 3.48. The van der Waals surface area contributed by atoms with Crippen LogP contribution in [0.1, 0.15) is 12.5 Å². The third-order valence-corrected chi connectivity index (χ3v) is 2.53. The van der Waals surface area contributed by atoms with Crippen molar-refractivity contribution in [3.05, 3.63) is 33.8 Å². The van der Waals surface area contributed by atoms with E-state index in [-0.39, 0.29) is 12.4 Å². The fourth-order valence-corrected chi connectivity index (χ4v) is 1.44. The maximum Gasteiger partial charge on any atom is 0.310 e. The zero-order chi connectivity index (χ0) is 10.6. The van der Waals surface area contributed by atoms with Crippen LogP contribution < -0.4 is 0 Å². The second-order valence-electron chi connectivity index (χ2n) is 2.69. The van der Waals surface area contributed by atoms with E-state index >= 15 is 0 Å². The predicted octanol–water partition coefficient (Wildman–Crippen LogP) is 3.10. The van der Waals surface area contributed by atoms with Gasteiger partial charge in [-0.25, -0.2) is 0 Å². The van der Waals surface area contributed by atoms with Crippen molar-refractivity contribution in [1.82, 2.24) is 0 Å². The smallest absolute Gasteiger partial charge is 0.310 e. The molecule has 14 heavy (non-hydrogen) atoms. The van der Waals surface area contributed by atoms with E-state index in [9.17, 15) is 4.79 Å². The van der Waals surface area contributed by atoms with Gasteiger partial charge in [0.05, 0.1) is 23.1 Å². The van der Waals surface area contributed by atoms with Crippen molar-refractivity contribution in [3.63, 3.8) is 0 Å².